The number of fused-ring (bicyclic) bond motifs is 1. The predicted octanol–water partition coefficient (Wildman–Crippen LogP) is 3.41. The zero-order valence-electron chi connectivity index (χ0n) is 13.8. The third-order valence-corrected chi connectivity index (χ3v) is 4.75. The first-order chi connectivity index (χ1) is 13.0. The molecule has 0 aliphatic heterocycles. The van der Waals surface area contributed by atoms with E-state index in [9.17, 15) is 19.1 Å². The molecule has 0 bridgehead atoms. The fourth-order valence-electron chi connectivity index (χ4n) is 2.96. The number of pyridine rings is 1. The number of hydrogen-bond donors (Lipinski definition) is 1. The molecule has 0 unspecified atom stereocenters. The number of carboxylic acid groups (broad SMARTS) is 1. The van der Waals surface area contributed by atoms with Gasteiger partial charge in [-0.15, -0.1) is 5.10 Å². The van der Waals surface area contributed by atoms with Gasteiger partial charge in [0.25, 0.3) is 0 Å². The lowest BCUT2D eigenvalue weighted by molar-refractivity contribution is 0.0695. The van der Waals surface area contributed by atoms with E-state index in [-0.39, 0.29) is 17.4 Å². The maximum atomic E-state index is 14.4. The Bertz CT molecular complexity index is 1200. The number of carboxylic acids is 1. The molecule has 1 N–H and O–H groups in total. The third-order valence-electron chi connectivity index (χ3n) is 4.24. The number of hydrogen-bond acceptors (Lipinski definition) is 5. The fraction of sp³-hybridized carbons (Fsp3) is 0.0526. The van der Waals surface area contributed by atoms with Crippen molar-refractivity contribution in [2.24, 2.45) is 0 Å². The lowest BCUT2D eigenvalue weighted by Gasteiger charge is -2.13. The van der Waals surface area contributed by atoms with Crippen LogP contribution in [0.5, 0.6) is 0 Å². The quantitative estimate of drug-likeness (QED) is 0.586. The lowest BCUT2D eigenvalue weighted by Crippen LogP contribution is -2.19. The summed E-state index contributed by atoms with van der Waals surface area (Å²) in [5.41, 5.74) is 1.49. The van der Waals surface area contributed by atoms with Gasteiger partial charge < -0.3 is 9.67 Å². The van der Waals surface area contributed by atoms with Crippen LogP contribution in [0.2, 0.25) is 0 Å². The lowest BCUT2D eigenvalue weighted by atomic mass is 10.1. The number of benzene rings is 2. The molecular formula is C19H12FN3O3S. The maximum absolute atomic E-state index is 14.4. The van der Waals surface area contributed by atoms with Crippen molar-refractivity contribution in [1.82, 2.24) is 14.2 Å². The second-order valence-electron chi connectivity index (χ2n) is 5.93. The van der Waals surface area contributed by atoms with Crippen LogP contribution in [-0.4, -0.2) is 25.2 Å². The van der Waals surface area contributed by atoms with Gasteiger partial charge in [0.15, 0.2) is 0 Å². The van der Waals surface area contributed by atoms with Gasteiger partial charge in [-0.1, -0.05) is 34.8 Å². The molecule has 0 saturated heterocycles. The number of nitrogens with zero attached hydrogens (tertiary/aromatic N) is 3. The van der Waals surface area contributed by atoms with Gasteiger partial charge in [0, 0.05) is 29.1 Å². The SMILES string of the molecule is O=C(O)c1cn(Cc2ccc(-c3csnn3)cc2)c2c(F)cccc2c1=O. The molecule has 0 radical (unpaired) electrons. The summed E-state index contributed by atoms with van der Waals surface area (Å²) in [6, 6.07) is 11.5. The number of aromatic nitrogens is 3. The van der Waals surface area contributed by atoms with Gasteiger partial charge in [0.1, 0.15) is 17.1 Å². The summed E-state index contributed by atoms with van der Waals surface area (Å²) in [5.74, 6) is -1.92. The van der Waals surface area contributed by atoms with Crippen molar-refractivity contribution < 1.29 is 14.3 Å². The first-order valence-electron chi connectivity index (χ1n) is 7.96. The van der Waals surface area contributed by atoms with Crippen molar-refractivity contribution in [1.29, 1.82) is 0 Å². The summed E-state index contributed by atoms with van der Waals surface area (Å²) >= 11 is 1.26. The van der Waals surface area contributed by atoms with E-state index in [0.29, 0.717) is 0 Å². The normalized spacial score (nSPS) is 11.0. The second kappa shape index (κ2) is 6.73. The molecule has 6 nitrogen and oxygen atoms in total. The van der Waals surface area contributed by atoms with Crippen LogP contribution in [0.4, 0.5) is 4.39 Å². The van der Waals surface area contributed by atoms with Crippen molar-refractivity contribution in [3.8, 4) is 11.3 Å². The molecule has 4 rings (SSSR count). The van der Waals surface area contributed by atoms with Crippen molar-refractivity contribution in [2.45, 2.75) is 6.54 Å². The molecule has 0 saturated carbocycles. The Labute approximate surface area is 156 Å². The van der Waals surface area contributed by atoms with E-state index in [0.717, 1.165) is 16.8 Å². The molecule has 4 aromatic rings. The van der Waals surface area contributed by atoms with E-state index in [4.69, 9.17) is 0 Å². The van der Waals surface area contributed by atoms with Crippen LogP contribution < -0.4 is 5.43 Å². The zero-order valence-corrected chi connectivity index (χ0v) is 14.6. The molecule has 134 valence electrons. The number of rotatable bonds is 4. The van der Waals surface area contributed by atoms with Gasteiger partial charge in [-0.3, -0.25) is 4.79 Å². The molecule has 0 fully saturated rings. The van der Waals surface area contributed by atoms with Crippen LogP contribution in [-0.2, 0) is 6.54 Å². The fourth-order valence-corrected chi connectivity index (χ4v) is 3.42. The average Bonchev–Trinajstić information content (AvgIpc) is 3.19. The topological polar surface area (TPSA) is 85.1 Å². The Morgan fingerprint density at radius 3 is 2.63 bits per heavy atom. The molecule has 0 aliphatic rings. The van der Waals surface area contributed by atoms with Crippen molar-refractivity contribution >= 4 is 28.4 Å². The Balaban J connectivity index is 1.80. The van der Waals surface area contributed by atoms with E-state index >= 15 is 0 Å². The molecule has 0 aliphatic carbocycles. The van der Waals surface area contributed by atoms with Gasteiger partial charge in [-0.05, 0) is 29.2 Å². The Hall–Kier alpha value is -3.39. The van der Waals surface area contributed by atoms with E-state index in [1.165, 1.54) is 40.5 Å². The summed E-state index contributed by atoms with van der Waals surface area (Å²) < 4.78 is 19.7. The molecule has 8 heteroatoms. The minimum atomic E-state index is -1.34. The molecule has 0 amide bonds. The monoisotopic (exact) mass is 381 g/mol. The van der Waals surface area contributed by atoms with Gasteiger partial charge in [0.2, 0.25) is 5.43 Å². The molecule has 27 heavy (non-hydrogen) atoms. The van der Waals surface area contributed by atoms with E-state index in [1.54, 1.807) is 0 Å². The van der Waals surface area contributed by atoms with Gasteiger partial charge in [-0.2, -0.15) is 0 Å². The van der Waals surface area contributed by atoms with E-state index in [2.05, 4.69) is 9.59 Å². The minimum Gasteiger partial charge on any atom is -0.477 e. The highest BCUT2D eigenvalue weighted by Gasteiger charge is 2.17. The number of halogens is 1. The largest absolute Gasteiger partial charge is 0.477 e. The minimum absolute atomic E-state index is 0.0417. The summed E-state index contributed by atoms with van der Waals surface area (Å²) in [5, 5.41) is 15.2. The van der Waals surface area contributed by atoms with Crippen molar-refractivity contribution in [3.63, 3.8) is 0 Å². The van der Waals surface area contributed by atoms with Crippen molar-refractivity contribution in [2.75, 3.05) is 0 Å². The molecule has 2 heterocycles. The highest BCUT2D eigenvalue weighted by Crippen LogP contribution is 2.21. The van der Waals surface area contributed by atoms with Gasteiger partial charge in [-0.25, -0.2) is 9.18 Å². The number of aromatic carboxylic acids is 1. The zero-order chi connectivity index (χ0) is 19.0. The van der Waals surface area contributed by atoms with E-state index < -0.39 is 22.8 Å². The van der Waals surface area contributed by atoms with Crippen LogP contribution in [0.3, 0.4) is 0 Å². The first kappa shape index (κ1) is 17.0. The van der Waals surface area contributed by atoms with Crippen LogP contribution in [0.25, 0.3) is 22.2 Å². The molecule has 2 aromatic heterocycles. The molecule has 0 atom stereocenters. The van der Waals surface area contributed by atoms with Crippen LogP contribution in [0, 0.1) is 5.82 Å². The van der Waals surface area contributed by atoms with Crippen LogP contribution in [0.15, 0.2) is 58.8 Å². The van der Waals surface area contributed by atoms with E-state index in [1.807, 2.05) is 29.6 Å². The third kappa shape index (κ3) is 3.11. The maximum Gasteiger partial charge on any atom is 0.341 e. The van der Waals surface area contributed by atoms with Crippen LogP contribution >= 0.6 is 11.5 Å². The second-order valence-corrected chi connectivity index (χ2v) is 6.54. The average molecular weight is 381 g/mol. The van der Waals surface area contributed by atoms with Gasteiger partial charge >= 0.3 is 5.97 Å². The summed E-state index contributed by atoms with van der Waals surface area (Å²) in [7, 11) is 0. The summed E-state index contributed by atoms with van der Waals surface area (Å²) in [4.78, 5) is 23.7. The Kier molecular flexibility index (Phi) is 4.25. The number of para-hydroxylation sites is 1. The smallest absolute Gasteiger partial charge is 0.341 e. The summed E-state index contributed by atoms with van der Waals surface area (Å²) in [6.45, 7) is 0.216. The Morgan fingerprint density at radius 1 is 1.19 bits per heavy atom. The van der Waals surface area contributed by atoms with Crippen molar-refractivity contribution in [3.05, 3.63) is 81.2 Å². The standard InChI is InChI=1S/C19H12FN3O3S/c20-15-3-1-2-13-17(15)23(9-14(18(13)24)19(25)26)8-11-4-6-12(7-5-11)16-10-27-22-21-16/h1-7,9-10H,8H2,(H,25,26). The molecule has 0 spiro atoms. The highest BCUT2D eigenvalue weighted by molar-refractivity contribution is 7.03. The summed E-state index contributed by atoms with van der Waals surface area (Å²) in [6.07, 6.45) is 1.19. The van der Waals surface area contributed by atoms with Crippen LogP contribution in [0.1, 0.15) is 15.9 Å². The Morgan fingerprint density at radius 2 is 1.96 bits per heavy atom. The molecule has 2 aromatic carbocycles. The highest BCUT2D eigenvalue weighted by atomic mass is 32.1. The van der Waals surface area contributed by atoms with Gasteiger partial charge in [0.05, 0.1) is 5.52 Å². The number of carbonyl (C=O) groups is 1. The first-order valence-corrected chi connectivity index (χ1v) is 8.79. The predicted molar refractivity (Wildman–Crippen MR) is 99.6 cm³/mol. The molecular weight excluding hydrogens is 369 g/mol.